The molecule has 2 aromatic rings. The molecule has 0 bridgehead atoms. The smallest absolute Gasteiger partial charge is 0.115 e. The summed E-state index contributed by atoms with van der Waals surface area (Å²) in [7, 11) is 0. The molecule has 0 spiro atoms. The predicted octanol–water partition coefficient (Wildman–Crippen LogP) is 4.40. The van der Waals surface area contributed by atoms with E-state index >= 15 is 0 Å². The van der Waals surface area contributed by atoms with Crippen molar-refractivity contribution in [3.8, 4) is 16.9 Å². The van der Waals surface area contributed by atoms with Crippen molar-refractivity contribution in [2.75, 3.05) is 0 Å². The van der Waals surface area contributed by atoms with Crippen molar-refractivity contribution < 1.29 is 5.11 Å². The van der Waals surface area contributed by atoms with Crippen LogP contribution < -0.4 is 0 Å². The van der Waals surface area contributed by atoms with Crippen LogP contribution in [0.5, 0.6) is 5.75 Å². The van der Waals surface area contributed by atoms with Crippen LogP contribution >= 0.6 is 0 Å². The van der Waals surface area contributed by atoms with Crippen LogP contribution in [0.4, 0.5) is 0 Å². The first kappa shape index (κ1) is 11.3. The summed E-state index contributed by atoms with van der Waals surface area (Å²) in [4.78, 5) is 0. The van der Waals surface area contributed by atoms with Gasteiger partial charge in [-0.05, 0) is 41.2 Å². The molecule has 0 amide bonds. The van der Waals surface area contributed by atoms with Crippen molar-refractivity contribution in [2.24, 2.45) is 5.92 Å². The van der Waals surface area contributed by atoms with Crippen molar-refractivity contribution >= 4 is 0 Å². The second kappa shape index (κ2) is 4.85. The first-order valence-electron chi connectivity index (χ1n) is 6.69. The van der Waals surface area contributed by atoms with Gasteiger partial charge in [-0.15, -0.1) is 0 Å². The quantitative estimate of drug-likeness (QED) is 0.840. The fourth-order valence-electron chi connectivity index (χ4n) is 2.56. The highest BCUT2D eigenvalue weighted by Gasteiger charge is 2.17. The molecule has 0 unspecified atom stereocenters. The van der Waals surface area contributed by atoms with E-state index in [-0.39, 0.29) is 0 Å². The van der Waals surface area contributed by atoms with Gasteiger partial charge in [0.2, 0.25) is 0 Å². The lowest BCUT2D eigenvalue weighted by Crippen LogP contribution is -2.13. The monoisotopic (exact) mass is 238 g/mol. The van der Waals surface area contributed by atoms with Crippen molar-refractivity contribution in [1.82, 2.24) is 0 Å². The van der Waals surface area contributed by atoms with Crippen LogP contribution in [0.3, 0.4) is 0 Å². The topological polar surface area (TPSA) is 20.2 Å². The summed E-state index contributed by atoms with van der Waals surface area (Å²) in [5.41, 5.74) is 3.85. The minimum atomic E-state index is 0.323. The number of aromatic hydroxyl groups is 1. The van der Waals surface area contributed by atoms with Crippen LogP contribution in [0.1, 0.15) is 24.8 Å². The molecule has 18 heavy (non-hydrogen) atoms. The number of benzene rings is 2. The zero-order valence-electron chi connectivity index (χ0n) is 10.5. The molecule has 1 nitrogen and oxygen atoms in total. The Morgan fingerprint density at radius 2 is 1.72 bits per heavy atom. The van der Waals surface area contributed by atoms with Crippen molar-refractivity contribution in [3.05, 3.63) is 54.1 Å². The molecule has 1 aliphatic carbocycles. The second-order valence-corrected chi connectivity index (χ2v) is 5.25. The van der Waals surface area contributed by atoms with E-state index in [1.807, 2.05) is 12.1 Å². The lowest BCUT2D eigenvalue weighted by molar-refractivity contribution is 0.314. The highest BCUT2D eigenvalue weighted by Crippen LogP contribution is 2.31. The Morgan fingerprint density at radius 1 is 0.944 bits per heavy atom. The van der Waals surface area contributed by atoms with Crippen LogP contribution in [0.25, 0.3) is 11.1 Å². The van der Waals surface area contributed by atoms with Gasteiger partial charge in [0.25, 0.3) is 0 Å². The van der Waals surface area contributed by atoms with Crippen molar-refractivity contribution in [1.29, 1.82) is 0 Å². The number of hydrogen-bond donors (Lipinski definition) is 1. The Morgan fingerprint density at radius 3 is 2.39 bits per heavy atom. The fraction of sp³-hybridized carbons (Fsp3) is 0.294. The highest BCUT2D eigenvalue weighted by atomic mass is 16.3. The zero-order valence-corrected chi connectivity index (χ0v) is 10.5. The Bertz CT molecular complexity index is 524. The lowest BCUT2D eigenvalue weighted by Gasteiger charge is -2.25. The lowest BCUT2D eigenvalue weighted by atomic mass is 9.80. The molecule has 3 rings (SSSR count). The van der Waals surface area contributed by atoms with Crippen molar-refractivity contribution in [3.63, 3.8) is 0 Å². The van der Waals surface area contributed by atoms with E-state index in [9.17, 15) is 5.11 Å². The van der Waals surface area contributed by atoms with Crippen LogP contribution in [-0.2, 0) is 6.42 Å². The summed E-state index contributed by atoms with van der Waals surface area (Å²) >= 11 is 0. The first-order chi connectivity index (χ1) is 8.81. The van der Waals surface area contributed by atoms with Gasteiger partial charge in [0.05, 0.1) is 0 Å². The molecule has 1 saturated carbocycles. The van der Waals surface area contributed by atoms with Gasteiger partial charge in [-0.25, -0.2) is 0 Å². The standard InChI is InChI=1S/C17H18O/c18-17-9-7-15(8-10-17)16-6-2-5-14(12-16)11-13-3-1-4-13/h2,5-10,12-13,18H,1,3-4,11H2. The van der Waals surface area contributed by atoms with E-state index in [2.05, 4.69) is 24.3 Å². The van der Waals surface area contributed by atoms with Gasteiger partial charge in [-0.1, -0.05) is 55.7 Å². The molecule has 0 aromatic heterocycles. The normalized spacial score (nSPS) is 15.3. The largest absolute Gasteiger partial charge is 0.508 e. The summed E-state index contributed by atoms with van der Waals surface area (Å²) in [5.74, 6) is 1.23. The van der Waals surface area contributed by atoms with Gasteiger partial charge in [0.15, 0.2) is 0 Å². The second-order valence-electron chi connectivity index (χ2n) is 5.25. The van der Waals surface area contributed by atoms with Crippen LogP contribution in [0, 0.1) is 5.92 Å². The predicted molar refractivity (Wildman–Crippen MR) is 74.6 cm³/mol. The molecule has 2 aromatic carbocycles. The molecule has 92 valence electrons. The van der Waals surface area contributed by atoms with E-state index in [1.165, 1.54) is 42.4 Å². The Kier molecular flexibility index (Phi) is 3.06. The molecule has 0 atom stereocenters. The van der Waals surface area contributed by atoms with E-state index in [4.69, 9.17) is 0 Å². The molecule has 0 aliphatic heterocycles. The van der Waals surface area contributed by atoms with E-state index in [1.54, 1.807) is 12.1 Å². The molecular formula is C17H18O. The van der Waals surface area contributed by atoms with Gasteiger partial charge in [0.1, 0.15) is 5.75 Å². The average molecular weight is 238 g/mol. The summed E-state index contributed by atoms with van der Waals surface area (Å²) < 4.78 is 0. The first-order valence-corrected chi connectivity index (χ1v) is 6.69. The molecule has 0 heterocycles. The third-order valence-electron chi connectivity index (χ3n) is 3.88. The van der Waals surface area contributed by atoms with Gasteiger partial charge in [0, 0.05) is 0 Å². The van der Waals surface area contributed by atoms with E-state index in [0.717, 1.165) is 5.92 Å². The van der Waals surface area contributed by atoms with E-state index < -0.39 is 0 Å². The number of hydrogen-bond acceptors (Lipinski definition) is 1. The summed E-state index contributed by atoms with van der Waals surface area (Å²) in [6.07, 6.45) is 5.40. The minimum absolute atomic E-state index is 0.323. The number of rotatable bonds is 3. The molecule has 1 fully saturated rings. The highest BCUT2D eigenvalue weighted by molar-refractivity contribution is 5.64. The SMILES string of the molecule is Oc1ccc(-c2cccc(CC3CCC3)c2)cc1. The third-order valence-corrected chi connectivity index (χ3v) is 3.88. The molecule has 0 saturated heterocycles. The van der Waals surface area contributed by atoms with Gasteiger partial charge >= 0.3 is 0 Å². The molecule has 1 aliphatic rings. The van der Waals surface area contributed by atoms with E-state index in [0.29, 0.717) is 5.75 Å². The minimum Gasteiger partial charge on any atom is -0.508 e. The van der Waals surface area contributed by atoms with Gasteiger partial charge in [-0.2, -0.15) is 0 Å². The average Bonchev–Trinajstić information content (AvgIpc) is 2.35. The summed E-state index contributed by atoms with van der Waals surface area (Å²) in [6, 6.07) is 16.2. The van der Waals surface area contributed by atoms with Crippen LogP contribution in [0.2, 0.25) is 0 Å². The number of phenolic OH excluding ortho intramolecular Hbond substituents is 1. The van der Waals surface area contributed by atoms with Gasteiger partial charge in [-0.3, -0.25) is 0 Å². The maximum absolute atomic E-state index is 9.32. The zero-order chi connectivity index (χ0) is 12.4. The van der Waals surface area contributed by atoms with Crippen molar-refractivity contribution in [2.45, 2.75) is 25.7 Å². The van der Waals surface area contributed by atoms with Gasteiger partial charge < -0.3 is 5.11 Å². The molecular weight excluding hydrogens is 220 g/mol. The van der Waals surface area contributed by atoms with Crippen LogP contribution in [-0.4, -0.2) is 5.11 Å². The summed E-state index contributed by atoms with van der Waals surface area (Å²) in [5, 5.41) is 9.32. The molecule has 1 N–H and O–H groups in total. The Labute approximate surface area is 108 Å². The Hall–Kier alpha value is -1.76. The maximum atomic E-state index is 9.32. The number of phenols is 1. The maximum Gasteiger partial charge on any atom is 0.115 e. The summed E-state index contributed by atoms with van der Waals surface area (Å²) in [6.45, 7) is 0. The molecule has 1 heteroatoms. The molecule has 0 radical (unpaired) electrons. The third kappa shape index (κ3) is 2.40. The Balaban J connectivity index is 1.83. The fourth-order valence-corrected chi connectivity index (χ4v) is 2.56. The van der Waals surface area contributed by atoms with Crippen LogP contribution in [0.15, 0.2) is 48.5 Å².